The molecule has 2 aromatic heterocycles. The second-order valence-electron chi connectivity index (χ2n) is 6.60. The predicted molar refractivity (Wildman–Crippen MR) is 92.3 cm³/mol. The van der Waals surface area contributed by atoms with Crippen molar-refractivity contribution in [2.45, 2.75) is 45.6 Å². The molecule has 0 spiro atoms. The van der Waals surface area contributed by atoms with Gasteiger partial charge in [-0.25, -0.2) is 4.98 Å². The first-order valence-electron chi connectivity index (χ1n) is 8.46. The van der Waals surface area contributed by atoms with Gasteiger partial charge < -0.3 is 14.6 Å². The van der Waals surface area contributed by atoms with Crippen LogP contribution in [-0.4, -0.2) is 35.0 Å². The molecule has 1 aliphatic heterocycles. The molecule has 6 heteroatoms. The van der Waals surface area contributed by atoms with Crippen LogP contribution in [0, 0.1) is 6.92 Å². The Morgan fingerprint density at radius 3 is 2.92 bits per heavy atom. The lowest BCUT2D eigenvalue weighted by molar-refractivity contribution is 0.0931. The highest BCUT2D eigenvalue weighted by atomic mass is 16.3. The number of furan rings is 1. The van der Waals surface area contributed by atoms with Gasteiger partial charge in [0.2, 0.25) is 0 Å². The SMILES string of the molecule is Cc1oc(C(C)C)cc1C(=O)NC1CCCN(c2cnccn2)C1. The van der Waals surface area contributed by atoms with Gasteiger partial charge in [0.25, 0.3) is 5.91 Å². The van der Waals surface area contributed by atoms with Crippen molar-refractivity contribution >= 4 is 11.7 Å². The van der Waals surface area contributed by atoms with Gasteiger partial charge in [-0.3, -0.25) is 9.78 Å². The van der Waals surface area contributed by atoms with Crippen molar-refractivity contribution in [1.82, 2.24) is 15.3 Å². The Balaban J connectivity index is 1.66. The van der Waals surface area contributed by atoms with Gasteiger partial charge in [-0.05, 0) is 25.8 Å². The Labute approximate surface area is 142 Å². The van der Waals surface area contributed by atoms with Gasteiger partial charge in [0.15, 0.2) is 0 Å². The summed E-state index contributed by atoms with van der Waals surface area (Å²) in [6, 6.07) is 1.96. The first-order valence-corrected chi connectivity index (χ1v) is 8.46. The summed E-state index contributed by atoms with van der Waals surface area (Å²) in [5, 5.41) is 3.14. The number of aromatic nitrogens is 2. The van der Waals surface area contributed by atoms with E-state index in [0.29, 0.717) is 11.3 Å². The Kier molecular flexibility index (Phi) is 4.83. The molecule has 0 radical (unpaired) electrons. The minimum Gasteiger partial charge on any atom is -0.465 e. The number of carbonyl (C=O) groups is 1. The summed E-state index contributed by atoms with van der Waals surface area (Å²) in [4.78, 5) is 23.2. The molecule has 1 atom stereocenters. The molecule has 1 N–H and O–H groups in total. The van der Waals surface area contributed by atoms with Crippen molar-refractivity contribution in [3.8, 4) is 0 Å². The van der Waals surface area contributed by atoms with Crippen LogP contribution in [0.2, 0.25) is 0 Å². The molecule has 24 heavy (non-hydrogen) atoms. The van der Waals surface area contributed by atoms with E-state index in [1.54, 1.807) is 18.6 Å². The number of rotatable bonds is 4. The number of carbonyl (C=O) groups excluding carboxylic acids is 1. The average Bonchev–Trinajstić information content (AvgIpc) is 2.98. The van der Waals surface area contributed by atoms with Crippen LogP contribution in [0.25, 0.3) is 0 Å². The fourth-order valence-electron chi connectivity index (χ4n) is 3.04. The molecule has 6 nitrogen and oxygen atoms in total. The van der Waals surface area contributed by atoms with Crippen LogP contribution in [0.3, 0.4) is 0 Å². The van der Waals surface area contributed by atoms with E-state index in [4.69, 9.17) is 4.42 Å². The lowest BCUT2D eigenvalue weighted by Gasteiger charge is -2.33. The molecule has 1 amide bonds. The van der Waals surface area contributed by atoms with E-state index in [9.17, 15) is 4.79 Å². The van der Waals surface area contributed by atoms with Crippen LogP contribution in [0.1, 0.15) is 54.5 Å². The highest BCUT2D eigenvalue weighted by Gasteiger charge is 2.24. The zero-order valence-corrected chi connectivity index (χ0v) is 14.5. The fraction of sp³-hybridized carbons (Fsp3) is 0.500. The molecule has 2 aromatic rings. The molecular weight excluding hydrogens is 304 g/mol. The summed E-state index contributed by atoms with van der Waals surface area (Å²) >= 11 is 0. The van der Waals surface area contributed by atoms with Gasteiger partial charge >= 0.3 is 0 Å². The Morgan fingerprint density at radius 1 is 1.42 bits per heavy atom. The maximum atomic E-state index is 12.6. The largest absolute Gasteiger partial charge is 0.465 e. The quantitative estimate of drug-likeness (QED) is 0.934. The molecule has 0 aliphatic carbocycles. The number of amides is 1. The minimum absolute atomic E-state index is 0.0610. The summed E-state index contributed by atoms with van der Waals surface area (Å²) in [5.74, 6) is 2.60. The monoisotopic (exact) mass is 328 g/mol. The zero-order valence-electron chi connectivity index (χ0n) is 14.5. The molecule has 1 saturated heterocycles. The number of hydrogen-bond acceptors (Lipinski definition) is 5. The second kappa shape index (κ2) is 7.03. The van der Waals surface area contributed by atoms with Gasteiger partial charge in [0, 0.05) is 37.4 Å². The minimum atomic E-state index is -0.0610. The van der Waals surface area contributed by atoms with Crippen LogP contribution in [-0.2, 0) is 0 Å². The van der Waals surface area contributed by atoms with Crippen molar-refractivity contribution in [1.29, 1.82) is 0 Å². The molecule has 1 fully saturated rings. The molecule has 3 heterocycles. The zero-order chi connectivity index (χ0) is 17.1. The van der Waals surface area contributed by atoms with Crippen LogP contribution < -0.4 is 10.2 Å². The molecule has 0 saturated carbocycles. The summed E-state index contributed by atoms with van der Waals surface area (Å²) in [5.41, 5.74) is 0.635. The second-order valence-corrected chi connectivity index (χ2v) is 6.60. The Hall–Kier alpha value is -2.37. The number of anilines is 1. The summed E-state index contributed by atoms with van der Waals surface area (Å²) in [6.45, 7) is 7.64. The van der Waals surface area contributed by atoms with Gasteiger partial charge in [0.05, 0.1) is 11.8 Å². The average molecular weight is 328 g/mol. The molecule has 0 aromatic carbocycles. The van der Waals surface area contributed by atoms with Crippen molar-refractivity contribution in [3.63, 3.8) is 0 Å². The fourth-order valence-corrected chi connectivity index (χ4v) is 3.04. The molecular formula is C18H24N4O2. The van der Waals surface area contributed by atoms with Crippen molar-refractivity contribution in [2.24, 2.45) is 0 Å². The van der Waals surface area contributed by atoms with Crippen LogP contribution in [0.5, 0.6) is 0 Å². The van der Waals surface area contributed by atoms with Gasteiger partial charge in [-0.15, -0.1) is 0 Å². The summed E-state index contributed by atoms with van der Waals surface area (Å²) in [6.07, 6.45) is 7.11. The third-order valence-corrected chi connectivity index (χ3v) is 4.38. The van der Waals surface area contributed by atoms with E-state index in [2.05, 4.69) is 34.0 Å². The molecule has 3 rings (SSSR count). The van der Waals surface area contributed by atoms with Crippen LogP contribution in [0.15, 0.2) is 29.1 Å². The van der Waals surface area contributed by atoms with Crippen molar-refractivity contribution < 1.29 is 9.21 Å². The molecule has 0 bridgehead atoms. The van der Waals surface area contributed by atoms with Gasteiger partial charge in [-0.1, -0.05) is 13.8 Å². The van der Waals surface area contributed by atoms with E-state index in [-0.39, 0.29) is 17.9 Å². The first kappa shape index (κ1) is 16.5. The summed E-state index contributed by atoms with van der Waals surface area (Å²) < 4.78 is 5.69. The number of nitrogens with one attached hydrogen (secondary N) is 1. The van der Waals surface area contributed by atoms with Crippen molar-refractivity contribution in [2.75, 3.05) is 18.0 Å². The first-order chi connectivity index (χ1) is 11.5. The number of hydrogen-bond donors (Lipinski definition) is 1. The summed E-state index contributed by atoms with van der Waals surface area (Å²) in [7, 11) is 0. The lowest BCUT2D eigenvalue weighted by atomic mass is 10.0. The molecule has 1 aliphatic rings. The topological polar surface area (TPSA) is 71.3 Å². The Morgan fingerprint density at radius 2 is 2.25 bits per heavy atom. The highest BCUT2D eigenvalue weighted by molar-refractivity contribution is 5.95. The van der Waals surface area contributed by atoms with Crippen LogP contribution >= 0.6 is 0 Å². The smallest absolute Gasteiger partial charge is 0.255 e. The lowest BCUT2D eigenvalue weighted by Crippen LogP contribution is -2.48. The van der Waals surface area contributed by atoms with E-state index >= 15 is 0 Å². The number of piperidine rings is 1. The maximum Gasteiger partial charge on any atom is 0.255 e. The Bertz CT molecular complexity index is 696. The normalized spacial score (nSPS) is 18.0. The highest BCUT2D eigenvalue weighted by Crippen LogP contribution is 2.22. The number of nitrogens with zero attached hydrogens (tertiary/aromatic N) is 3. The van der Waals surface area contributed by atoms with E-state index in [1.165, 1.54) is 0 Å². The standard InChI is InChI=1S/C18H24N4O2/c1-12(2)16-9-15(13(3)24-16)18(23)21-14-5-4-8-22(11-14)17-10-19-6-7-20-17/h6-7,9-10,12,14H,4-5,8,11H2,1-3H3,(H,21,23). The van der Waals surface area contributed by atoms with Crippen molar-refractivity contribution in [3.05, 3.63) is 41.7 Å². The van der Waals surface area contributed by atoms with Gasteiger partial charge in [-0.2, -0.15) is 0 Å². The van der Waals surface area contributed by atoms with E-state index in [1.807, 2.05) is 13.0 Å². The van der Waals surface area contributed by atoms with Gasteiger partial charge in [0.1, 0.15) is 17.3 Å². The van der Waals surface area contributed by atoms with E-state index in [0.717, 1.165) is 37.5 Å². The third kappa shape index (κ3) is 3.58. The third-order valence-electron chi connectivity index (χ3n) is 4.38. The van der Waals surface area contributed by atoms with E-state index < -0.39 is 0 Å². The molecule has 1 unspecified atom stereocenters. The molecule has 128 valence electrons. The van der Waals surface area contributed by atoms with Crippen LogP contribution in [0.4, 0.5) is 5.82 Å². The predicted octanol–water partition coefficient (Wildman–Crippen LogP) is 2.90. The maximum absolute atomic E-state index is 12.6. The number of aryl methyl sites for hydroxylation is 1.